The Balaban J connectivity index is 1.89. The first-order chi connectivity index (χ1) is 12.1. The highest BCUT2D eigenvalue weighted by atomic mass is 35.5. The summed E-state index contributed by atoms with van der Waals surface area (Å²) in [5, 5.41) is 5.57. The molecule has 4 nitrogen and oxygen atoms in total. The third-order valence-corrected chi connectivity index (χ3v) is 5.39. The minimum atomic E-state index is 0.0233. The van der Waals surface area contributed by atoms with Crippen LogP contribution < -0.4 is 14.8 Å². The molecule has 0 fully saturated rings. The van der Waals surface area contributed by atoms with Gasteiger partial charge in [0, 0.05) is 33.7 Å². The van der Waals surface area contributed by atoms with Crippen molar-refractivity contribution >= 4 is 22.5 Å². The fraction of sp³-hybridized carbons (Fsp3) is 0.300. The Morgan fingerprint density at radius 1 is 1.12 bits per heavy atom. The molecule has 0 saturated carbocycles. The average molecular weight is 357 g/mol. The Bertz CT molecular complexity index is 949. The Labute approximate surface area is 152 Å². The number of fused-ring (bicyclic) bond motifs is 3. The number of aromatic nitrogens is 1. The smallest absolute Gasteiger partial charge is 0.124 e. The highest BCUT2D eigenvalue weighted by molar-refractivity contribution is 6.31. The van der Waals surface area contributed by atoms with Gasteiger partial charge in [-0.1, -0.05) is 11.6 Å². The van der Waals surface area contributed by atoms with E-state index in [4.69, 9.17) is 21.1 Å². The molecule has 3 aromatic rings. The van der Waals surface area contributed by atoms with E-state index in [1.165, 1.54) is 16.6 Å². The second-order valence-corrected chi connectivity index (χ2v) is 6.82. The molecule has 0 amide bonds. The molecule has 0 bridgehead atoms. The van der Waals surface area contributed by atoms with E-state index < -0.39 is 0 Å². The van der Waals surface area contributed by atoms with Crippen LogP contribution in [0, 0.1) is 6.92 Å². The van der Waals surface area contributed by atoms with E-state index in [9.17, 15) is 0 Å². The van der Waals surface area contributed by atoms with Gasteiger partial charge in [-0.15, -0.1) is 0 Å². The molecule has 1 aliphatic heterocycles. The fourth-order valence-corrected chi connectivity index (χ4v) is 3.84. The molecule has 2 N–H and O–H groups in total. The largest absolute Gasteiger partial charge is 0.497 e. The quantitative estimate of drug-likeness (QED) is 0.732. The van der Waals surface area contributed by atoms with Crippen LogP contribution in [-0.4, -0.2) is 25.7 Å². The van der Waals surface area contributed by atoms with Crippen molar-refractivity contribution in [3.05, 3.63) is 57.7 Å². The van der Waals surface area contributed by atoms with Gasteiger partial charge in [-0.25, -0.2) is 0 Å². The van der Waals surface area contributed by atoms with Gasteiger partial charge in [0.15, 0.2) is 0 Å². The van der Waals surface area contributed by atoms with Gasteiger partial charge < -0.3 is 19.8 Å². The molecular weight excluding hydrogens is 336 g/mol. The summed E-state index contributed by atoms with van der Waals surface area (Å²) >= 11 is 6.40. The lowest BCUT2D eigenvalue weighted by molar-refractivity contribution is 0.401. The maximum atomic E-state index is 6.40. The first kappa shape index (κ1) is 16.3. The Kier molecular flexibility index (Phi) is 4.10. The summed E-state index contributed by atoms with van der Waals surface area (Å²) in [4.78, 5) is 3.58. The van der Waals surface area contributed by atoms with Crippen molar-refractivity contribution in [2.45, 2.75) is 19.4 Å². The van der Waals surface area contributed by atoms with E-state index in [1.807, 2.05) is 25.1 Å². The van der Waals surface area contributed by atoms with Crippen LogP contribution in [0.15, 0.2) is 30.3 Å². The minimum absolute atomic E-state index is 0.0233. The van der Waals surface area contributed by atoms with Crippen LogP contribution in [0.5, 0.6) is 11.5 Å². The van der Waals surface area contributed by atoms with Crippen LogP contribution in [0.4, 0.5) is 0 Å². The van der Waals surface area contributed by atoms with E-state index in [0.29, 0.717) is 0 Å². The number of benzene rings is 2. The van der Waals surface area contributed by atoms with Crippen molar-refractivity contribution in [3.63, 3.8) is 0 Å². The molecule has 1 unspecified atom stereocenters. The highest BCUT2D eigenvalue weighted by Crippen LogP contribution is 2.39. The molecule has 4 rings (SSSR count). The van der Waals surface area contributed by atoms with E-state index in [1.54, 1.807) is 14.2 Å². The maximum Gasteiger partial charge on any atom is 0.124 e. The van der Waals surface area contributed by atoms with Gasteiger partial charge in [0.2, 0.25) is 0 Å². The van der Waals surface area contributed by atoms with Crippen LogP contribution in [-0.2, 0) is 6.42 Å². The first-order valence-electron chi connectivity index (χ1n) is 8.38. The predicted octanol–water partition coefficient (Wildman–Crippen LogP) is 4.38. The zero-order valence-corrected chi connectivity index (χ0v) is 15.3. The van der Waals surface area contributed by atoms with Crippen LogP contribution >= 0.6 is 11.6 Å². The number of methoxy groups -OCH3 is 2. The Hall–Kier alpha value is -2.17. The summed E-state index contributed by atoms with van der Waals surface area (Å²) in [6, 6.07) is 10.2. The summed E-state index contributed by atoms with van der Waals surface area (Å²) in [6.45, 7) is 2.89. The number of hydrogen-bond acceptors (Lipinski definition) is 3. The van der Waals surface area contributed by atoms with Crippen molar-refractivity contribution in [2.75, 3.05) is 20.8 Å². The van der Waals surface area contributed by atoms with Crippen LogP contribution in [0.2, 0.25) is 5.02 Å². The third-order valence-electron chi connectivity index (χ3n) is 4.98. The van der Waals surface area contributed by atoms with Crippen LogP contribution in [0.25, 0.3) is 10.9 Å². The van der Waals surface area contributed by atoms with Gasteiger partial charge in [0.25, 0.3) is 0 Å². The van der Waals surface area contributed by atoms with E-state index in [-0.39, 0.29) is 6.04 Å². The number of aromatic amines is 1. The number of nitrogens with one attached hydrogen (secondary N) is 2. The van der Waals surface area contributed by atoms with Gasteiger partial charge in [0.05, 0.1) is 20.3 Å². The van der Waals surface area contributed by atoms with Gasteiger partial charge in [-0.3, -0.25) is 0 Å². The molecule has 5 heteroatoms. The number of aryl methyl sites for hydroxylation is 1. The molecule has 1 aromatic heterocycles. The van der Waals surface area contributed by atoms with Gasteiger partial charge in [-0.05, 0) is 54.8 Å². The van der Waals surface area contributed by atoms with Gasteiger partial charge >= 0.3 is 0 Å². The number of H-pyrrole nitrogens is 1. The number of ether oxygens (including phenoxy) is 2. The van der Waals surface area contributed by atoms with Crippen LogP contribution in [0.1, 0.15) is 28.4 Å². The molecule has 2 aromatic carbocycles. The molecule has 25 heavy (non-hydrogen) atoms. The molecule has 1 atom stereocenters. The standard InChI is InChI=1S/C20H21ClN2O2/c1-11-8-18(25-3)15(10-16(11)21)19-20-13(6-7-22-19)14-9-12(24-2)4-5-17(14)23-20/h4-5,8-10,19,22-23H,6-7H2,1-3H3. The summed E-state index contributed by atoms with van der Waals surface area (Å²) in [7, 11) is 3.40. The highest BCUT2D eigenvalue weighted by Gasteiger charge is 2.28. The number of rotatable bonds is 3. The molecule has 2 heterocycles. The van der Waals surface area contributed by atoms with Crippen molar-refractivity contribution < 1.29 is 9.47 Å². The van der Waals surface area contributed by atoms with Crippen molar-refractivity contribution in [3.8, 4) is 11.5 Å². The van der Waals surface area contributed by atoms with Gasteiger partial charge in [0.1, 0.15) is 11.5 Å². The SMILES string of the molecule is COc1ccc2[nH]c3c(c2c1)CCNC3c1cc(Cl)c(C)cc1OC. The fourth-order valence-electron chi connectivity index (χ4n) is 3.67. The van der Waals surface area contributed by atoms with E-state index >= 15 is 0 Å². The summed E-state index contributed by atoms with van der Waals surface area (Å²) < 4.78 is 11.0. The third kappa shape index (κ3) is 2.66. The van der Waals surface area contributed by atoms with Crippen LogP contribution in [0.3, 0.4) is 0 Å². The molecule has 0 saturated heterocycles. The second-order valence-electron chi connectivity index (χ2n) is 6.41. The lowest BCUT2D eigenvalue weighted by atomic mass is 9.93. The summed E-state index contributed by atoms with van der Waals surface area (Å²) in [5.41, 5.74) is 5.69. The first-order valence-corrected chi connectivity index (χ1v) is 8.76. The molecule has 1 aliphatic rings. The molecule has 0 radical (unpaired) electrons. The summed E-state index contributed by atoms with van der Waals surface area (Å²) in [5.74, 6) is 1.73. The second kappa shape index (κ2) is 6.28. The molecular formula is C20H21ClN2O2. The van der Waals surface area contributed by atoms with Gasteiger partial charge in [-0.2, -0.15) is 0 Å². The lowest BCUT2D eigenvalue weighted by Crippen LogP contribution is -2.30. The normalized spacial score (nSPS) is 16.7. The Morgan fingerprint density at radius 2 is 1.96 bits per heavy atom. The zero-order valence-electron chi connectivity index (χ0n) is 14.6. The van der Waals surface area contributed by atoms with Crippen molar-refractivity contribution in [1.29, 1.82) is 0 Å². The molecule has 0 spiro atoms. The summed E-state index contributed by atoms with van der Waals surface area (Å²) in [6.07, 6.45) is 0.973. The molecule has 0 aliphatic carbocycles. The van der Waals surface area contributed by atoms with E-state index in [0.717, 1.165) is 46.1 Å². The minimum Gasteiger partial charge on any atom is -0.497 e. The number of halogens is 1. The monoisotopic (exact) mass is 356 g/mol. The average Bonchev–Trinajstić information content (AvgIpc) is 3.01. The molecule has 130 valence electrons. The maximum absolute atomic E-state index is 6.40. The Morgan fingerprint density at radius 3 is 2.72 bits per heavy atom. The topological polar surface area (TPSA) is 46.3 Å². The zero-order chi connectivity index (χ0) is 17.6. The lowest BCUT2D eigenvalue weighted by Gasteiger charge is -2.26. The number of hydrogen-bond donors (Lipinski definition) is 2. The predicted molar refractivity (Wildman–Crippen MR) is 101 cm³/mol. The van der Waals surface area contributed by atoms with Crippen molar-refractivity contribution in [2.24, 2.45) is 0 Å². The van der Waals surface area contributed by atoms with Crippen molar-refractivity contribution in [1.82, 2.24) is 10.3 Å². The van der Waals surface area contributed by atoms with E-state index in [2.05, 4.69) is 22.4 Å².